The first-order valence-corrected chi connectivity index (χ1v) is 17.3. The Hall–Kier alpha value is -5.87. The van der Waals surface area contributed by atoms with Gasteiger partial charge < -0.3 is 20.5 Å². The first-order valence-electron chi connectivity index (χ1n) is 17.3. The van der Waals surface area contributed by atoms with Crippen molar-refractivity contribution in [3.8, 4) is 22.5 Å². The lowest BCUT2D eigenvalue weighted by molar-refractivity contribution is -0.127. The van der Waals surface area contributed by atoms with Crippen LogP contribution in [0.1, 0.15) is 37.5 Å². The summed E-state index contributed by atoms with van der Waals surface area (Å²) in [4.78, 5) is 34.9. The summed E-state index contributed by atoms with van der Waals surface area (Å²) in [5.41, 5.74) is 5.90. The van der Waals surface area contributed by atoms with E-state index in [4.69, 9.17) is 9.84 Å². The molecule has 0 saturated carbocycles. The molecule has 52 heavy (non-hydrogen) atoms. The lowest BCUT2D eigenvalue weighted by Gasteiger charge is -2.33. The number of carbonyl (C=O) groups is 2. The van der Waals surface area contributed by atoms with Gasteiger partial charge >= 0.3 is 6.09 Å². The second-order valence-corrected chi connectivity index (χ2v) is 13.6. The SMILES string of the molecule is COC(=O)N[C@H](C(=O)N[C@@H](Cc1ccccc1)[C@@H](O)CN(Cc1ccc(-c2ccccn2)cc1)/N=C\c1ccc(-c2ccccn2)cc1)C(C)(C)C. The largest absolute Gasteiger partial charge is 0.453 e. The maximum absolute atomic E-state index is 13.8. The third kappa shape index (κ3) is 10.8. The Morgan fingerprint density at radius 2 is 1.37 bits per heavy atom. The van der Waals surface area contributed by atoms with Crippen molar-refractivity contribution in [2.75, 3.05) is 13.7 Å². The average molecular weight is 699 g/mol. The molecule has 2 aromatic heterocycles. The summed E-state index contributed by atoms with van der Waals surface area (Å²) in [6.07, 6.45) is 3.90. The molecule has 5 aromatic rings. The van der Waals surface area contributed by atoms with Gasteiger partial charge in [0.15, 0.2) is 0 Å². The Morgan fingerprint density at radius 1 is 0.788 bits per heavy atom. The molecule has 2 amide bonds. The van der Waals surface area contributed by atoms with Crippen molar-refractivity contribution in [2.45, 2.75) is 51.9 Å². The molecule has 0 unspecified atom stereocenters. The summed E-state index contributed by atoms with van der Waals surface area (Å²) >= 11 is 0. The fraction of sp³-hybridized carbons (Fsp3) is 0.262. The van der Waals surface area contributed by atoms with E-state index in [2.05, 4.69) is 20.6 Å². The number of pyridine rings is 2. The average Bonchev–Trinajstić information content (AvgIpc) is 3.16. The molecule has 0 spiro atoms. The summed E-state index contributed by atoms with van der Waals surface area (Å²) in [5.74, 6) is -0.425. The molecule has 5 rings (SSSR count). The van der Waals surface area contributed by atoms with Gasteiger partial charge in [0.1, 0.15) is 6.04 Å². The number of rotatable bonds is 14. The molecule has 0 aliphatic carbocycles. The zero-order valence-corrected chi connectivity index (χ0v) is 30.0. The molecule has 2 heterocycles. The highest BCUT2D eigenvalue weighted by atomic mass is 16.5. The predicted octanol–water partition coefficient (Wildman–Crippen LogP) is 6.51. The van der Waals surface area contributed by atoms with Crippen LogP contribution in [-0.4, -0.2) is 70.1 Å². The van der Waals surface area contributed by atoms with Crippen molar-refractivity contribution >= 4 is 18.2 Å². The number of nitrogens with one attached hydrogen (secondary N) is 2. The van der Waals surface area contributed by atoms with Crippen LogP contribution in [0.4, 0.5) is 4.79 Å². The number of hydrogen-bond donors (Lipinski definition) is 3. The number of nitrogens with zero attached hydrogens (tertiary/aromatic N) is 4. The molecule has 10 heteroatoms. The lowest BCUT2D eigenvalue weighted by Crippen LogP contribution is -2.58. The summed E-state index contributed by atoms with van der Waals surface area (Å²) in [5, 5.41) is 24.2. The van der Waals surface area contributed by atoms with Gasteiger partial charge in [-0.15, -0.1) is 0 Å². The fourth-order valence-electron chi connectivity index (χ4n) is 5.71. The van der Waals surface area contributed by atoms with E-state index in [-0.39, 0.29) is 6.54 Å². The third-order valence-corrected chi connectivity index (χ3v) is 8.59. The van der Waals surface area contributed by atoms with E-state index in [0.29, 0.717) is 13.0 Å². The number of aliphatic hydroxyl groups is 1. The number of aromatic nitrogens is 2. The smallest absolute Gasteiger partial charge is 0.407 e. The lowest BCUT2D eigenvalue weighted by atomic mass is 9.85. The van der Waals surface area contributed by atoms with E-state index >= 15 is 0 Å². The normalized spacial score (nSPS) is 13.2. The Kier molecular flexibility index (Phi) is 12.8. The third-order valence-electron chi connectivity index (χ3n) is 8.59. The van der Waals surface area contributed by atoms with Crippen molar-refractivity contribution in [3.63, 3.8) is 0 Å². The van der Waals surface area contributed by atoms with Crippen LogP contribution in [0.2, 0.25) is 0 Å². The minimum Gasteiger partial charge on any atom is -0.453 e. The number of hydrogen-bond acceptors (Lipinski definition) is 8. The minimum atomic E-state index is -1.04. The number of alkyl carbamates (subject to hydrolysis) is 1. The second-order valence-electron chi connectivity index (χ2n) is 13.6. The fourth-order valence-corrected chi connectivity index (χ4v) is 5.71. The molecule has 268 valence electrons. The number of amides is 2. The van der Waals surface area contributed by atoms with Crippen molar-refractivity contribution < 1.29 is 19.4 Å². The van der Waals surface area contributed by atoms with Crippen LogP contribution in [0.3, 0.4) is 0 Å². The van der Waals surface area contributed by atoms with E-state index in [0.717, 1.165) is 39.2 Å². The summed E-state index contributed by atoms with van der Waals surface area (Å²) in [7, 11) is 1.25. The summed E-state index contributed by atoms with van der Waals surface area (Å²) in [6.45, 7) is 6.06. The quantitative estimate of drug-likeness (QED) is 0.0892. The molecular weight excluding hydrogens is 652 g/mol. The van der Waals surface area contributed by atoms with Crippen LogP contribution in [0.25, 0.3) is 22.5 Å². The number of aliphatic hydroxyl groups excluding tert-OH is 1. The second kappa shape index (κ2) is 17.9. The highest BCUT2D eigenvalue weighted by Crippen LogP contribution is 2.22. The monoisotopic (exact) mass is 698 g/mol. The number of carbonyl (C=O) groups excluding carboxylic acids is 2. The molecule has 3 N–H and O–H groups in total. The highest BCUT2D eigenvalue weighted by Gasteiger charge is 2.35. The highest BCUT2D eigenvalue weighted by molar-refractivity contribution is 5.86. The van der Waals surface area contributed by atoms with Gasteiger partial charge in [0.25, 0.3) is 0 Å². The van der Waals surface area contributed by atoms with E-state index in [1.165, 1.54) is 7.11 Å². The van der Waals surface area contributed by atoms with Crippen LogP contribution in [0.5, 0.6) is 0 Å². The van der Waals surface area contributed by atoms with Gasteiger partial charge in [-0.05, 0) is 52.8 Å². The van der Waals surface area contributed by atoms with Crippen LogP contribution in [0.15, 0.2) is 133 Å². The van der Waals surface area contributed by atoms with Crippen LogP contribution in [-0.2, 0) is 22.5 Å². The van der Waals surface area contributed by atoms with E-state index in [1.54, 1.807) is 23.6 Å². The van der Waals surface area contributed by atoms with Crippen LogP contribution < -0.4 is 10.6 Å². The molecule has 0 aliphatic heterocycles. The van der Waals surface area contributed by atoms with Gasteiger partial charge in [-0.25, -0.2) is 4.79 Å². The topological polar surface area (TPSA) is 129 Å². The van der Waals surface area contributed by atoms with Gasteiger partial charge in [-0.1, -0.05) is 112 Å². The Labute approximate surface area is 305 Å². The van der Waals surface area contributed by atoms with Gasteiger partial charge in [-0.2, -0.15) is 5.10 Å². The van der Waals surface area contributed by atoms with Gasteiger partial charge in [0.05, 0.1) is 49.9 Å². The standard InChI is InChI=1S/C42H46N6O4/c1-42(2,3)39(47-41(51)52-4)40(50)46-37(26-30-12-6-5-7-13-30)38(49)29-48(28-32-18-22-34(23-19-32)36-15-9-11-25-44-36)45-27-31-16-20-33(21-17-31)35-14-8-10-24-43-35/h5-25,27,37-39,49H,26,28-29H2,1-4H3,(H,46,50)(H,47,51)/b45-27-/t37-,38-,39+/m0/s1. The van der Waals surface area contributed by atoms with Crippen molar-refractivity contribution in [1.29, 1.82) is 0 Å². The number of benzene rings is 3. The van der Waals surface area contributed by atoms with Crippen molar-refractivity contribution in [2.24, 2.45) is 10.5 Å². The van der Waals surface area contributed by atoms with Crippen molar-refractivity contribution in [3.05, 3.63) is 144 Å². The maximum Gasteiger partial charge on any atom is 0.407 e. The minimum absolute atomic E-state index is 0.104. The summed E-state index contributed by atoms with van der Waals surface area (Å²) < 4.78 is 4.80. The Morgan fingerprint density at radius 3 is 1.90 bits per heavy atom. The molecular formula is C42H46N6O4. The van der Waals surface area contributed by atoms with E-state index in [9.17, 15) is 14.7 Å². The van der Waals surface area contributed by atoms with Crippen molar-refractivity contribution in [1.82, 2.24) is 25.6 Å². The Bertz CT molecular complexity index is 1880. The first-order chi connectivity index (χ1) is 25.1. The number of ether oxygens (including phenoxy) is 1. The molecule has 0 radical (unpaired) electrons. The summed E-state index contributed by atoms with van der Waals surface area (Å²) in [6, 6.07) is 35.7. The van der Waals surface area contributed by atoms with Gasteiger partial charge in [-0.3, -0.25) is 19.8 Å². The molecule has 0 aliphatic rings. The Balaban J connectivity index is 1.40. The zero-order chi connectivity index (χ0) is 36.9. The zero-order valence-electron chi connectivity index (χ0n) is 30.0. The molecule has 0 saturated heterocycles. The molecule has 10 nitrogen and oxygen atoms in total. The molecule has 3 atom stereocenters. The molecule has 0 fully saturated rings. The maximum atomic E-state index is 13.8. The molecule has 0 bridgehead atoms. The predicted molar refractivity (Wildman–Crippen MR) is 204 cm³/mol. The first kappa shape index (κ1) is 37.4. The van der Waals surface area contributed by atoms with Gasteiger partial charge in [0, 0.05) is 23.5 Å². The van der Waals surface area contributed by atoms with Gasteiger partial charge in [0.2, 0.25) is 5.91 Å². The number of methoxy groups -OCH3 is 1. The number of hydrazone groups is 1. The van der Waals surface area contributed by atoms with Crippen LogP contribution >= 0.6 is 0 Å². The van der Waals surface area contributed by atoms with E-state index < -0.39 is 35.6 Å². The van der Waals surface area contributed by atoms with E-state index in [1.807, 2.05) is 136 Å². The molecule has 3 aromatic carbocycles. The van der Waals surface area contributed by atoms with Crippen LogP contribution in [0, 0.1) is 5.41 Å².